The van der Waals surface area contributed by atoms with Crippen LogP contribution in [-0.4, -0.2) is 18.4 Å². The highest BCUT2D eigenvalue weighted by atomic mass is 16.6. The molecule has 1 heterocycles. The first kappa shape index (κ1) is 12.9. The third-order valence-corrected chi connectivity index (χ3v) is 3.49. The maximum Gasteiger partial charge on any atom is 0.181 e. The van der Waals surface area contributed by atoms with Gasteiger partial charge >= 0.3 is 0 Å². The molecule has 20 heavy (non-hydrogen) atoms. The van der Waals surface area contributed by atoms with Crippen LogP contribution < -0.4 is 5.32 Å². The minimum Gasteiger partial charge on any atom is -0.386 e. The maximum atomic E-state index is 5.51. The fourth-order valence-corrected chi connectivity index (χ4v) is 2.41. The topological polar surface area (TPSA) is 38.2 Å². The molecule has 1 aliphatic rings. The van der Waals surface area contributed by atoms with Crippen LogP contribution in [0.1, 0.15) is 17.5 Å². The molecule has 2 aromatic carbocycles. The van der Waals surface area contributed by atoms with Gasteiger partial charge in [0.2, 0.25) is 0 Å². The maximum absolute atomic E-state index is 5.51. The number of quaternary nitrogens is 1. The molecule has 1 aliphatic heterocycles. The molecular weight excluding hydrogens is 248 g/mol. The van der Waals surface area contributed by atoms with E-state index in [9.17, 15) is 0 Å². The summed E-state index contributed by atoms with van der Waals surface area (Å²) in [7, 11) is 0. The van der Waals surface area contributed by atoms with Gasteiger partial charge in [-0.3, -0.25) is 0 Å². The first-order chi connectivity index (χ1) is 9.92. The number of oxime groups is 1. The molecule has 0 aromatic heterocycles. The summed E-state index contributed by atoms with van der Waals surface area (Å²) in [6.45, 7) is 1.93. The lowest BCUT2D eigenvalue weighted by Crippen LogP contribution is -2.84. The van der Waals surface area contributed by atoms with E-state index < -0.39 is 0 Å². The van der Waals surface area contributed by atoms with Crippen LogP contribution in [-0.2, 0) is 11.4 Å². The van der Waals surface area contributed by atoms with Gasteiger partial charge in [0.05, 0.1) is 5.71 Å². The molecule has 3 nitrogen and oxygen atoms in total. The Morgan fingerprint density at radius 2 is 1.70 bits per heavy atom. The Labute approximate surface area is 119 Å². The van der Waals surface area contributed by atoms with Gasteiger partial charge in [-0.1, -0.05) is 65.8 Å². The number of rotatable bonds is 5. The van der Waals surface area contributed by atoms with E-state index in [-0.39, 0.29) is 6.10 Å². The van der Waals surface area contributed by atoms with Gasteiger partial charge < -0.3 is 10.2 Å². The molecule has 0 unspecified atom stereocenters. The van der Waals surface area contributed by atoms with Crippen LogP contribution in [0.5, 0.6) is 0 Å². The summed E-state index contributed by atoms with van der Waals surface area (Å²) in [4.78, 5) is 5.51. The highest BCUT2D eigenvalue weighted by Crippen LogP contribution is 2.15. The molecule has 0 bridgehead atoms. The normalized spacial score (nSPS) is 17.6. The average Bonchev–Trinajstić information content (AvgIpc) is 2.98. The molecule has 0 aliphatic carbocycles. The van der Waals surface area contributed by atoms with Crippen LogP contribution in [0.3, 0.4) is 0 Å². The van der Waals surface area contributed by atoms with E-state index in [1.807, 2.05) is 24.3 Å². The summed E-state index contributed by atoms with van der Waals surface area (Å²) >= 11 is 0. The van der Waals surface area contributed by atoms with Crippen molar-refractivity contribution in [1.29, 1.82) is 0 Å². The first-order valence-corrected chi connectivity index (χ1v) is 7.05. The molecule has 0 fully saturated rings. The van der Waals surface area contributed by atoms with E-state index in [2.05, 4.69) is 46.9 Å². The van der Waals surface area contributed by atoms with Crippen molar-refractivity contribution in [2.45, 2.75) is 19.1 Å². The van der Waals surface area contributed by atoms with Crippen LogP contribution in [0.4, 0.5) is 0 Å². The molecule has 0 radical (unpaired) electrons. The monoisotopic (exact) mass is 267 g/mol. The standard InChI is InChI=1S/C17H18N2O/c1-3-7-14(8-4-1)12-18-13-16-11-17(19-20-16)15-9-5-2-6-10-15/h1-10,16,18H,11-13H2/p+1/t16-/m0/s1. The summed E-state index contributed by atoms with van der Waals surface area (Å²) < 4.78 is 0. The second-order valence-corrected chi connectivity index (χ2v) is 5.05. The van der Waals surface area contributed by atoms with Crippen LogP contribution in [0, 0.1) is 0 Å². The lowest BCUT2D eigenvalue weighted by atomic mass is 10.1. The SMILES string of the molecule is c1ccc(C[NH2+]C[C@@H]2CC(c3ccccc3)=NO2)cc1. The van der Waals surface area contributed by atoms with Crippen LogP contribution in [0.25, 0.3) is 0 Å². The molecule has 1 atom stereocenters. The summed E-state index contributed by atoms with van der Waals surface area (Å²) in [5.41, 5.74) is 3.57. The van der Waals surface area contributed by atoms with E-state index >= 15 is 0 Å². The number of nitrogens with zero attached hydrogens (tertiary/aromatic N) is 1. The van der Waals surface area contributed by atoms with E-state index in [1.54, 1.807) is 0 Å². The van der Waals surface area contributed by atoms with Gasteiger partial charge in [-0.15, -0.1) is 0 Å². The lowest BCUT2D eigenvalue weighted by Gasteiger charge is -2.07. The Morgan fingerprint density at radius 3 is 2.45 bits per heavy atom. The van der Waals surface area contributed by atoms with Crippen molar-refractivity contribution in [3.05, 3.63) is 71.8 Å². The third-order valence-electron chi connectivity index (χ3n) is 3.49. The molecule has 0 saturated carbocycles. The first-order valence-electron chi connectivity index (χ1n) is 7.05. The lowest BCUT2D eigenvalue weighted by molar-refractivity contribution is -0.676. The Balaban J connectivity index is 1.46. The van der Waals surface area contributed by atoms with Crippen molar-refractivity contribution in [3.63, 3.8) is 0 Å². The number of benzene rings is 2. The van der Waals surface area contributed by atoms with Gasteiger partial charge in [-0.2, -0.15) is 0 Å². The van der Waals surface area contributed by atoms with Gasteiger partial charge in [-0.25, -0.2) is 0 Å². The third kappa shape index (κ3) is 3.25. The Kier molecular flexibility index (Phi) is 4.09. The van der Waals surface area contributed by atoms with E-state index in [0.29, 0.717) is 0 Å². The predicted molar refractivity (Wildman–Crippen MR) is 79.4 cm³/mol. The second kappa shape index (κ2) is 6.35. The predicted octanol–water partition coefficient (Wildman–Crippen LogP) is 1.94. The van der Waals surface area contributed by atoms with Gasteiger partial charge in [0.25, 0.3) is 0 Å². The molecule has 2 aromatic rings. The molecule has 0 spiro atoms. The van der Waals surface area contributed by atoms with Crippen LogP contribution in [0.2, 0.25) is 0 Å². The largest absolute Gasteiger partial charge is 0.386 e. The van der Waals surface area contributed by atoms with Crippen LogP contribution >= 0.6 is 0 Å². The fourth-order valence-electron chi connectivity index (χ4n) is 2.41. The van der Waals surface area contributed by atoms with Crippen molar-refractivity contribution in [3.8, 4) is 0 Å². The number of nitrogens with two attached hydrogens (primary N) is 1. The Bertz CT molecular complexity index is 566. The minimum absolute atomic E-state index is 0.189. The summed E-state index contributed by atoms with van der Waals surface area (Å²) in [6, 6.07) is 20.7. The smallest absolute Gasteiger partial charge is 0.181 e. The number of hydrogen-bond acceptors (Lipinski definition) is 2. The highest BCUT2D eigenvalue weighted by molar-refractivity contribution is 6.01. The van der Waals surface area contributed by atoms with Gasteiger partial charge in [0.1, 0.15) is 13.1 Å². The molecule has 0 amide bonds. The van der Waals surface area contributed by atoms with E-state index in [4.69, 9.17) is 4.84 Å². The summed E-state index contributed by atoms with van der Waals surface area (Å²) in [5, 5.41) is 6.49. The average molecular weight is 267 g/mol. The molecular formula is C17H19N2O+. The molecule has 2 N–H and O–H groups in total. The van der Waals surface area contributed by atoms with Gasteiger partial charge in [-0.05, 0) is 5.56 Å². The molecule has 3 heteroatoms. The summed E-state index contributed by atoms with van der Waals surface area (Å²) in [5.74, 6) is 0. The van der Waals surface area contributed by atoms with E-state index in [0.717, 1.165) is 30.8 Å². The van der Waals surface area contributed by atoms with Gasteiger partial charge in [0, 0.05) is 12.0 Å². The molecule has 0 saturated heterocycles. The van der Waals surface area contributed by atoms with Crippen molar-refractivity contribution in [2.75, 3.05) is 6.54 Å². The Hall–Kier alpha value is -2.13. The Morgan fingerprint density at radius 1 is 1.00 bits per heavy atom. The zero-order chi connectivity index (χ0) is 13.6. The second-order valence-electron chi connectivity index (χ2n) is 5.05. The van der Waals surface area contributed by atoms with Crippen molar-refractivity contribution >= 4 is 5.71 Å². The molecule has 102 valence electrons. The number of hydrogen-bond donors (Lipinski definition) is 1. The highest BCUT2D eigenvalue weighted by Gasteiger charge is 2.23. The quantitative estimate of drug-likeness (QED) is 0.883. The van der Waals surface area contributed by atoms with Gasteiger partial charge in [0.15, 0.2) is 6.10 Å². The van der Waals surface area contributed by atoms with Crippen molar-refractivity contribution in [1.82, 2.24) is 0 Å². The zero-order valence-electron chi connectivity index (χ0n) is 11.4. The van der Waals surface area contributed by atoms with E-state index in [1.165, 1.54) is 5.56 Å². The van der Waals surface area contributed by atoms with Crippen molar-refractivity contribution < 1.29 is 10.2 Å². The fraction of sp³-hybridized carbons (Fsp3) is 0.235. The minimum atomic E-state index is 0.189. The molecule has 3 rings (SSSR count). The van der Waals surface area contributed by atoms with Crippen LogP contribution in [0.15, 0.2) is 65.8 Å². The zero-order valence-corrected chi connectivity index (χ0v) is 11.4. The van der Waals surface area contributed by atoms with Crippen molar-refractivity contribution in [2.24, 2.45) is 5.16 Å². The summed E-state index contributed by atoms with van der Waals surface area (Å²) in [6.07, 6.45) is 1.09.